The lowest BCUT2D eigenvalue weighted by Crippen LogP contribution is -2.35. The van der Waals surface area contributed by atoms with E-state index in [-0.39, 0.29) is 17.4 Å². The number of nitrogens with one attached hydrogen (secondary N) is 1. The van der Waals surface area contributed by atoms with Crippen molar-refractivity contribution in [1.29, 1.82) is 0 Å². The lowest BCUT2D eigenvalue weighted by atomic mass is 9.87. The summed E-state index contributed by atoms with van der Waals surface area (Å²) >= 11 is 0. The van der Waals surface area contributed by atoms with Gasteiger partial charge in [0.1, 0.15) is 5.75 Å². The van der Waals surface area contributed by atoms with Crippen molar-refractivity contribution < 1.29 is 14.6 Å². The van der Waals surface area contributed by atoms with Crippen molar-refractivity contribution in [2.45, 2.75) is 33.3 Å². The molecule has 0 fully saturated rings. The van der Waals surface area contributed by atoms with Gasteiger partial charge < -0.3 is 15.2 Å². The zero-order valence-electron chi connectivity index (χ0n) is 12.1. The number of amides is 1. The molecule has 4 nitrogen and oxygen atoms in total. The molecule has 1 aromatic rings. The van der Waals surface area contributed by atoms with Gasteiger partial charge in [-0.1, -0.05) is 19.9 Å². The molecule has 0 aromatic heterocycles. The van der Waals surface area contributed by atoms with Gasteiger partial charge in [0.25, 0.3) is 5.91 Å². The van der Waals surface area contributed by atoms with Crippen molar-refractivity contribution in [2.24, 2.45) is 5.41 Å². The van der Waals surface area contributed by atoms with E-state index in [1.807, 2.05) is 13.8 Å². The number of hydrogen-bond acceptors (Lipinski definition) is 3. The normalized spacial score (nSPS) is 12.9. The molecule has 0 bridgehead atoms. The molecule has 0 aliphatic carbocycles. The first kappa shape index (κ1) is 15.5. The molecule has 1 aromatic carbocycles. The topological polar surface area (TPSA) is 58.6 Å². The molecule has 0 radical (unpaired) electrons. The molecular formula is C15H23NO3. The maximum atomic E-state index is 12.0. The Hall–Kier alpha value is -1.55. The average molecular weight is 265 g/mol. The Morgan fingerprint density at radius 1 is 1.47 bits per heavy atom. The van der Waals surface area contributed by atoms with E-state index in [1.165, 1.54) is 0 Å². The number of hydrogen-bond donors (Lipinski definition) is 2. The number of carbonyl (C=O) groups is 1. The molecule has 0 spiro atoms. The molecule has 2 N–H and O–H groups in total. The van der Waals surface area contributed by atoms with Gasteiger partial charge in [0.15, 0.2) is 0 Å². The third-order valence-corrected chi connectivity index (χ3v) is 2.91. The minimum Gasteiger partial charge on any atom is -0.497 e. The highest BCUT2D eigenvalue weighted by molar-refractivity contribution is 5.94. The molecule has 0 aliphatic rings. The van der Waals surface area contributed by atoms with Crippen molar-refractivity contribution in [1.82, 2.24) is 5.32 Å². The predicted octanol–water partition coefficient (Wildman–Crippen LogP) is 2.22. The van der Waals surface area contributed by atoms with E-state index in [0.717, 1.165) is 0 Å². The van der Waals surface area contributed by atoms with Crippen LogP contribution < -0.4 is 10.1 Å². The Kier molecular flexibility index (Phi) is 5.36. The Bertz CT molecular complexity index is 427. The van der Waals surface area contributed by atoms with Gasteiger partial charge in [-0.15, -0.1) is 0 Å². The van der Waals surface area contributed by atoms with E-state index in [1.54, 1.807) is 38.3 Å². The molecule has 0 heterocycles. The summed E-state index contributed by atoms with van der Waals surface area (Å²) in [5.74, 6) is 0.536. The summed E-state index contributed by atoms with van der Waals surface area (Å²) in [5, 5.41) is 12.3. The molecule has 1 unspecified atom stereocenters. The van der Waals surface area contributed by atoms with Crippen LogP contribution in [0.25, 0.3) is 0 Å². The van der Waals surface area contributed by atoms with E-state index in [2.05, 4.69) is 5.32 Å². The second-order valence-electron chi connectivity index (χ2n) is 5.63. The molecule has 1 amide bonds. The molecule has 0 saturated heterocycles. The van der Waals surface area contributed by atoms with Crippen LogP contribution in [-0.4, -0.2) is 30.8 Å². The van der Waals surface area contributed by atoms with Crippen LogP contribution in [0.15, 0.2) is 24.3 Å². The van der Waals surface area contributed by atoms with Crippen molar-refractivity contribution in [3.63, 3.8) is 0 Å². The Labute approximate surface area is 114 Å². The summed E-state index contributed by atoms with van der Waals surface area (Å²) < 4.78 is 5.09. The highest BCUT2D eigenvalue weighted by Crippen LogP contribution is 2.21. The van der Waals surface area contributed by atoms with Crippen molar-refractivity contribution >= 4 is 5.91 Å². The second kappa shape index (κ2) is 6.57. The maximum Gasteiger partial charge on any atom is 0.251 e. The molecule has 0 saturated carbocycles. The van der Waals surface area contributed by atoms with Crippen LogP contribution in [0.1, 0.15) is 37.6 Å². The predicted molar refractivity (Wildman–Crippen MR) is 75.4 cm³/mol. The number of carbonyl (C=O) groups excluding carboxylic acids is 1. The first-order chi connectivity index (χ1) is 8.84. The number of aliphatic hydroxyl groups excluding tert-OH is 1. The molecule has 4 heteroatoms. The molecule has 19 heavy (non-hydrogen) atoms. The largest absolute Gasteiger partial charge is 0.497 e. The van der Waals surface area contributed by atoms with E-state index in [0.29, 0.717) is 24.3 Å². The third kappa shape index (κ3) is 5.30. The number of rotatable bonds is 6. The van der Waals surface area contributed by atoms with Gasteiger partial charge in [0.05, 0.1) is 13.2 Å². The van der Waals surface area contributed by atoms with Gasteiger partial charge in [-0.3, -0.25) is 4.79 Å². The van der Waals surface area contributed by atoms with E-state index >= 15 is 0 Å². The van der Waals surface area contributed by atoms with Crippen LogP contribution in [0, 0.1) is 5.41 Å². The Morgan fingerprint density at radius 3 is 2.74 bits per heavy atom. The average Bonchev–Trinajstić information content (AvgIpc) is 2.34. The summed E-state index contributed by atoms with van der Waals surface area (Å²) in [6, 6.07) is 7.04. The molecule has 1 atom stereocenters. The fourth-order valence-corrected chi connectivity index (χ4v) is 2.06. The van der Waals surface area contributed by atoms with E-state index < -0.39 is 0 Å². The number of benzene rings is 1. The fraction of sp³-hybridized carbons (Fsp3) is 0.533. The first-order valence-corrected chi connectivity index (χ1v) is 6.44. The van der Waals surface area contributed by atoms with Gasteiger partial charge in [-0.25, -0.2) is 0 Å². The highest BCUT2D eigenvalue weighted by Gasteiger charge is 2.21. The minimum atomic E-state index is -0.372. The quantitative estimate of drug-likeness (QED) is 0.829. The van der Waals surface area contributed by atoms with Crippen LogP contribution in [0.4, 0.5) is 0 Å². The molecule has 1 rings (SSSR count). The van der Waals surface area contributed by atoms with Crippen LogP contribution in [0.3, 0.4) is 0 Å². The molecular weight excluding hydrogens is 242 g/mol. The molecule has 0 aliphatic heterocycles. The van der Waals surface area contributed by atoms with Crippen molar-refractivity contribution in [3.8, 4) is 5.75 Å². The van der Waals surface area contributed by atoms with Gasteiger partial charge in [-0.05, 0) is 37.0 Å². The fourth-order valence-electron chi connectivity index (χ4n) is 2.06. The summed E-state index contributed by atoms with van der Waals surface area (Å²) in [6.45, 7) is 6.32. The van der Waals surface area contributed by atoms with Crippen LogP contribution >= 0.6 is 0 Å². The van der Waals surface area contributed by atoms with Crippen LogP contribution in [-0.2, 0) is 0 Å². The summed E-state index contributed by atoms with van der Waals surface area (Å²) in [7, 11) is 1.57. The lowest BCUT2D eigenvalue weighted by molar-refractivity contribution is 0.0901. The lowest BCUT2D eigenvalue weighted by Gasteiger charge is -2.26. The van der Waals surface area contributed by atoms with E-state index in [9.17, 15) is 9.90 Å². The summed E-state index contributed by atoms with van der Waals surface area (Å²) in [4.78, 5) is 12.0. The van der Waals surface area contributed by atoms with E-state index in [4.69, 9.17) is 4.74 Å². The van der Waals surface area contributed by atoms with Gasteiger partial charge in [0.2, 0.25) is 0 Å². The zero-order chi connectivity index (χ0) is 14.5. The Balaban J connectivity index is 2.60. The number of aliphatic hydroxyl groups is 1. The van der Waals surface area contributed by atoms with Gasteiger partial charge in [-0.2, -0.15) is 0 Å². The maximum absolute atomic E-state index is 12.0. The SMILES string of the molecule is COc1cccc(C(=O)NCC(C)(C)CC(C)O)c1. The second-order valence-corrected chi connectivity index (χ2v) is 5.63. The minimum absolute atomic E-state index is 0.127. The molecule has 106 valence electrons. The van der Waals surface area contributed by atoms with Crippen LogP contribution in [0.2, 0.25) is 0 Å². The Morgan fingerprint density at radius 2 is 2.16 bits per heavy atom. The monoisotopic (exact) mass is 265 g/mol. The summed E-state index contributed by atoms with van der Waals surface area (Å²) in [6.07, 6.45) is 0.273. The number of ether oxygens (including phenoxy) is 1. The smallest absolute Gasteiger partial charge is 0.251 e. The van der Waals surface area contributed by atoms with Crippen molar-refractivity contribution in [2.75, 3.05) is 13.7 Å². The van der Waals surface area contributed by atoms with Crippen LogP contribution in [0.5, 0.6) is 5.75 Å². The third-order valence-electron chi connectivity index (χ3n) is 2.91. The highest BCUT2D eigenvalue weighted by atomic mass is 16.5. The van der Waals surface area contributed by atoms with Crippen molar-refractivity contribution in [3.05, 3.63) is 29.8 Å². The number of methoxy groups -OCH3 is 1. The zero-order valence-corrected chi connectivity index (χ0v) is 12.1. The summed E-state index contributed by atoms with van der Waals surface area (Å²) in [5.41, 5.74) is 0.440. The van der Waals surface area contributed by atoms with Gasteiger partial charge in [0, 0.05) is 12.1 Å². The first-order valence-electron chi connectivity index (χ1n) is 6.44. The van der Waals surface area contributed by atoms with Gasteiger partial charge >= 0.3 is 0 Å². The standard InChI is InChI=1S/C15H23NO3/c1-11(17)9-15(2,3)10-16-14(18)12-6-5-7-13(8-12)19-4/h5-8,11,17H,9-10H2,1-4H3,(H,16,18).